The lowest BCUT2D eigenvalue weighted by Gasteiger charge is -2.45. The van der Waals surface area contributed by atoms with E-state index in [1.54, 1.807) is 19.1 Å². The molecule has 2 bridgehead atoms. The van der Waals surface area contributed by atoms with Crippen LogP contribution in [0.1, 0.15) is 49.4 Å². The number of nitrogens with one attached hydrogen (secondary N) is 1. The van der Waals surface area contributed by atoms with E-state index < -0.39 is 9.84 Å². The Morgan fingerprint density at radius 3 is 2.29 bits per heavy atom. The number of hydrogen-bond donors (Lipinski definition) is 2. The van der Waals surface area contributed by atoms with Crippen molar-refractivity contribution in [3.8, 4) is 0 Å². The Hall–Kier alpha value is -1.40. The molecule has 0 saturated heterocycles. The number of sulfone groups is 1. The average molecular weight is 350 g/mol. The maximum Gasteiger partial charge on any atom is 0.251 e. The van der Waals surface area contributed by atoms with E-state index in [2.05, 4.69) is 5.32 Å². The van der Waals surface area contributed by atoms with Crippen molar-refractivity contribution in [2.45, 2.75) is 56.0 Å². The minimum atomic E-state index is -3.23. The van der Waals surface area contributed by atoms with Crippen LogP contribution in [0.25, 0.3) is 0 Å². The third-order valence-electron chi connectivity index (χ3n) is 5.53. The first-order valence-corrected chi connectivity index (χ1v) is 10.4. The molecule has 132 valence electrons. The van der Waals surface area contributed by atoms with Gasteiger partial charge in [0.25, 0.3) is 5.91 Å². The van der Waals surface area contributed by atoms with Gasteiger partial charge in [0, 0.05) is 17.6 Å². The zero-order chi connectivity index (χ0) is 17.3. The van der Waals surface area contributed by atoms with Crippen LogP contribution in [0.2, 0.25) is 0 Å². The number of fused-ring (bicyclic) bond motifs is 2. The summed E-state index contributed by atoms with van der Waals surface area (Å²) >= 11 is 0. The second-order valence-electron chi connectivity index (χ2n) is 7.11. The highest BCUT2D eigenvalue weighted by Crippen LogP contribution is 2.39. The number of benzene rings is 1. The van der Waals surface area contributed by atoms with Crippen LogP contribution < -0.4 is 11.1 Å². The van der Waals surface area contributed by atoms with E-state index >= 15 is 0 Å². The van der Waals surface area contributed by atoms with Crippen molar-refractivity contribution in [2.75, 3.05) is 5.75 Å². The first-order chi connectivity index (χ1) is 11.4. The summed E-state index contributed by atoms with van der Waals surface area (Å²) in [6.07, 6.45) is 5.44. The molecule has 2 aliphatic rings. The first-order valence-electron chi connectivity index (χ1n) is 8.80. The molecule has 1 amide bonds. The van der Waals surface area contributed by atoms with Gasteiger partial charge in [-0.25, -0.2) is 8.42 Å². The fourth-order valence-electron chi connectivity index (χ4n) is 4.24. The molecule has 2 aliphatic carbocycles. The van der Waals surface area contributed by atoms with E-state index in [0.29, 0.717) is 17.4 Å². The summed E-state index contributed by atoms with van der Waals surface area (Å²) in [4.78, 5) is 12.8. The van der Waals surface area contributed by atoms with Crippen molar-refractivity contribution in [3.05, 3.63) is 29.8 Å². The molecular weight excluding hydrogens is 324 g/mol. The van der Waals surface area contributed by atoms with Crippen LogP contribution in [-0.4, -0.2) is 32.2 Å². The molecule has 3 N–H and O–H groups in total. The molecule has 0 heterocycles. The highest BCUT2D eigenvalue weighted by molar-refractivity contribution is 7.91. The predicted octanol–water partition coefficient (Wildman–Crippen LogP) is 2.12. The number of carbonyl (C=O) groups excluding carboxylic acids is 1. The molecule has 24 heavy (non-hydrogen) atoms. The van der Waals surface area contributed by atoms with Gasteiger partial charge in [-0.1, -0.05) is 13.3 Å². The van der Waals surface area contributed by atoms with Crippen LogP contribution >= 0.6 is 0 Å². The van der Waals surface area contributed by atoms with E-state index in [1.807, 2.05) is 0 Å². The van der Waals surface area contributed by atoms with Gasteiger partial charge < -0.3 is 11.1 Å². The average Bonchev–Trinajstić information content (AvgIpc) is 2.55. The molecule has 1 aromatic carbocycles. The van der Waals surface area contributed by atoms with E-state index in [4.69, 9.17) is 5.73 Å². The molecule has 2 fully saturated rings. The van der Waals surface area contributed by atoms with Crippen molar-refractivity contribution in [1.29, 1.82) is 0 Å². The van der Waals surface area contributed by atoms with Gasteiger partial charge in [0.1, 0.15) is 0 Å². The summed E-state index contributed by atoms with van der Waals surface area (Å²) in [5.41, 5.74) is 6.64. The van der Waals surface area contributed by atoms with Gasteiger partial charge in [-0.2, -0.15) is 0 Å². The molecule has 2 saturated carbocycles. The van der Waals surface area contributed by atoms with Gasteiger partial charge in [-0.05, 0) is 61.8 Å². The van der Waals surface area contributed by atoms with Crippen molar-refractivity contribution >= 4 is 15.7 Å². The Morgan fingerprint density at radius 2 is 1.75 bits per heavy atom. The Labute approximate surface area is 143 Å². The third-order valence-corrected chi connectivity index (χ3v) is 7.28. The number of carbonyl (C=O) groups is 1. The summed E-state index contributed by atoms with van der Waals surface area (Å²) in [5.74, 6) is 0.879. The van der Waals surface area contributed by atoms with Crippen LogP contribution in [0.15, 0.2) is 29.2 Å². The standard InChI is InChI=1S/C18H26N2O3S/c1-2-24(22,23)16-8-6-12(7-9-16)18(21)20-17-13-4-3-5-14(17)11-15(19)10-13/h6-9,13-15,17H,2-5,10-11,19H2,1H3,(H,20,21). The summed E-state index contributed by atoms with van der Waals surface area (Å²) in [5, 5.41) is 3.19. The van der Waals surface area contributed by atoms with E-state index in [-0.39, 0.29) is 28.6 Å². The lowest BCUT2D eigenvalue weighted by atomic mass is 9.67. The van der Waals surface area contributed by atoms with Crippen LogP contribution in [0.5, 0.6) is 0 Å². The lowest BCUT2D eigenvalue weighted by molar-refractivity contribution is 0.0756. The number of amides is 1. The fourth-order valence-corrected chi connectivity index (χ4v) is 5.12. The second-order valence-corrected chi connectivity index (χ2v) is 9.39. The van der Waals surface area contributed by atoms with Crippen molar-refractivity contribution in [1.82, 2.24) is 5.32 Å². The molecule has 2 unspecified atom stereocenters. The topological polar surface area (TPSA) is 89.3 Å². The quantitative estimate of drug-likeness (QED) is 0.870. The Balaban J connectivity index is 1.71. The predicted molar refractivity (Wildman–Crippen MR) is 93.5 cm³/mol. The summed E-state index contributed by atoms with van der Waals surface area (Å²) in [7, 11) is -3.23. The minimum absolute atomic E-state index is 0.0598. The zero-order valence-electron chi connectivity index (χ0n) is 14.1. The van der Waals surface area contributed by atoms with Crippen molar-refractivity contribution in [3.63, 3.8) is 0 Å². The third kappa shape index (κ3) is 3.49. The highest BCUT2D eigenvalue weighted by Gasteiger charge is 2.39. The van der Waals surface area contributed by atoms with Gasteiger partial charge >= 0.3 is 0 Å². The van der Waals surface area contributed by atoms with Crippen LogP contribution in [0.3, 0.4) is 0 Å². The molecule has 0 spiro atoms. The molecule has 0 aromatic heterocycles. The van der Waals surface area contributed by atoms with Crippen molar-refractivity contribution < 1.29 is 13.2 Å². The van der Waals surface area contributed by atoms with E-state index in [1.165, 1.54) is 18.6 Å². The second kappa shape index (κ2) is 6.84. The van der Waals surface area contributed by atoms with E-state index in [9.17, 15) is 13.2 Å². The SMILES string of the molecule is CCS(=O)(=O)c1ccc(C(=O)NC2C3CCCC2CC(N)C3)cc1. The Morgan fingerprint density at radius 1 is 1.17 bits per heavy atom. The highest BCUT2D eigenvalue weighted by atomic mass is 32.2. The summed E-state index contributed by atoms with van der Waals surface area (Å²) in [6, 6.07) is 6.69. The van der Waals surface area contributed by atoms with Gasteiger partial charge in [-0.3, -0.25) is 4.79 Å². The molecular formula is C18H26N2O3S. The molecule has 1 aromatic rings. The maximum absolute atomic E-state index is 12.6. The smallest absolute Gasteiger partial charge is 0.251 e. The minimum Gasteiger partial charge on any atom is -0.349 e. The molecule has 0 aliphatic heterocycles. The van der Waals surface area contributed by atoms with Crippen LogP contribution in [0, 0.1) is 11.8 Å². The van der Waals surface area contributed by atoms with Crippen molar-refractivity contribution in [2.24, 2.45) is 17.6 Å². The largest absolute Gasteiger partial charge is 0.349 e. The maximum atomic E-state index is 12.6. The Kier molecular flexibility index (Phi) is 4.97. The normalized spacial score (nSPS) is 29.9. The molecule has 2 atom stereocenters. The van der Waals surface area contributed by atoms with Crippen LogP contribution in [0.4, 0.5) is 0 Å². The number of nitrogens with two attached hydrogens (primary N) is 1. The van der Waals surface area contributed by atoms with E-state index in [0.717, 1.165) is 25.7 Å². The molecule has 6 heteroatoms. The summed E-state index contributed by atoms with van der Waals surface area (Å²) < 4.78 is 23.7. The molecule has 0 radical (unpaired) electrons. The molecule has 3 rings (SSSR count). The first kappa shape index (κ1) is 17.4. The zero-order valence-corrected chi connectivity index (χ0v) is 14.9. The van der Waals surface area contributed by atoms with Gasteiger partial charge in [0.05, 0.1) is 10.6 Å². The van der Waals surface area contributed by atoms with Gasteiger partial charge in [0.2, 0.25) is 0 Å². The van der Waals surface area contributed by atoms with Gasteiger partial charge in [-0.15, -0.1) is 0 Å². The van der Waals surface area contributed by atoms with Crippen LogP contribution in [-0.2, 0) is 9.84 Å². The van der Waals surface area contributed by atoms with Gasteiger partial charge in [0.15, 0.2) is 9.84 Å². The number of rotatable bonds is 4. The lowest BCUT2D eigenvalue weighted by Crippen LogP contribution is -2.53. The summed E-state index contributed by atoms with van der Waals surface area (Å²) in [6.45, 7) is 1.61. The fraction of sp³-hybridized carbons (Fsp3) is 0.611. The number of hydrogen-bond acceptors (Lipinski definition) is 4. The Bertz CT molecular complexity index is 685. The monoisotopic (exact) mass is 350 g/mol. The molecule has 5 nitrogen and oxygen atoms in total.